The molecule has 1 aliphatic carbocycles. The van der Waals surface area contributed by atoms with E-state index in [-0.39, 0.29) is 22.4 Å². The highest BCUT2D eigenvalue weighted by molar-refractivity contribution is 6.41. The summed E-state index contributed by atoms with van der Waals surface area (Å²) in [7, 11) is 6.14. The van der Waals surface area contributed by atoms with Gasteiger partial charge in [-0.15, -0.1) is 0 Å². The number of ether oxygens (including phenoxy) is 4. The number of methoxy groups -OCH3 is 4. The molecule has 1 atom stereocenters. The summed E-state index contributed by atoms with van der Waals surface area (Å²) in [5, 5.41) is 3.93. The first-order valence-electron chi connectivity index (χ1n) is 7.38. The lowest BCUT2D eigenvalue weighted by atomic mass is 9.85. The van der Waals surface area contributed by atoms with Gasteiger partial charge in [-0.1, -0.05) is 35.4 Å². The van der Waals surface area contributed by atoms with E-state index in [9.17, 15) is 4.79 Å². The molecule has 1 unspecified atom stereocenters. The molecule has 0 aromatic carbocycles. The molecule has 0 amide bonds. The molecule has 1 aliphatic rings. The number of aromatic nitrogens is 2. The summed E-state index contributed by atoms with van der Waals surface area (Å²) in [6.45, 7) is 0. The number of nitrogens with zero attached hydrogens (tertiary/aromatic N) is 2. The second kappa shape index (κ2) is 7.99. The van der Waals surface area contributed by atoms with E-state index in [1.54, 1.807) is 26.4 Å². The van der Waals surface area contributed by atoms with Gasteiger partial charge in [-0.05, 0) is 6.08 Å². The first-order chi connectivity index (χ1) is 11.9. The molecule has 0 N–H and O–H groups in total. The van der Waals surface area contributed by atoms with Crippen molar-refractivity contribution >= 4 is 29.4 Å². The van der Waals surface area contributed by atoms with Crippen molar-refractivity contribution in [3.8, 4) is 0 Å². The zero-order chi connectivity index (χ0) is 18.7. The van der Waals surface area contributed by atoms with E-state index in [1.165, 1.54) is 26.6 Å². The third-order valence-corrected chi connectivity index (χ3v) is 5.02. The molecule has 0 spiro atoms. The van der Waals surface area contributed by atoms with Gasteiger partial charge in [-0.25, -0.2) is 4.68 Å². The Morgan fingerprint density at radius 3 is 2.40 bits per heavy atom. The Balaban J connectivity index is 2.40. The maximum Gasteiger partial charge on any atom is 0.291 e. The van der Waals surface area contributed by atoms with E-state index in [0.717, 1.165) is 4.68 Å². The zero-order valence-corrected chi connectivity index (χ0v) is 15.9. The summed E-state index contributed by atoms with van der Waals surface area (Å²) in [4.78, 5) is 12.1. The lowest BCUT2D eigenvalue weighted by molar-refractivity contribution is -0.290. The Morgan fingerprint density at radius 2 is 1.84 bits per heavy atom. The summed E-state index contributed by atoms with van der Waals surface area (Å²) in [5.41, 5.74) is -0.520. The Bertz CT molecular complexity index is 724. The monoisotopic (exact) mass is 390 g/mol. The molecule has 7 nitrogen and oxygen atoms in total. The minimum Gasteiger partial charge on any atom is -0.352 e. The molecule has 1 aromatic rings. The lowest BCUT2D eigenvalue weighted by Gasteiger charge is -2.44. The molecule has 0 saturated carbocycles. The quantitative estimate of drug-likeness (QED) is 0.548. The van der Waals surface area contributed by atoms with Gasteiger partial charge in [-0.2, -0.15) is 5.10 Å². The van der Waals surface area contributed by atoms with Crippen LogP contribution in [0.2, 0.25) is 10.0 Å². The second-order valence-corrected chi connectivity index (χ2v) is 6.18. The third kappa shape index (κ3) is 3.81. The second-order valence-electron chi connectivity index (χ2n) is 5.40. The first-order valence-corrected chi connectivity index (χ1v) is 8.13. The van der Waals surface area contributed by atoms with E-state index in [4.69, 9.17) is 42.1 Å². The van der Waals surface area contributed by atoms with Crippen LogP contribution in [0.25, 0.3) is 6.20 Å². The van der Waals surface area contributed by atoms with E-state index in [2.05, 4.69) is 5.10 Å². The van der Waals surface area contributed by atoms with Crippen LogP contribution in [-0.4, -0.2) is 49.8 Å². The van der Waals surface area contributed by atoms with Gasteiger partial charge in [0.15, 0.2) is 11.6 Å². The summed E-state index contributed by atoms with van der Waals surface area (Å²) in [6, 6.07) is 0. The highest BCUT2D eigenvalue weighted by atomic mass is 35.5. The predicted molar refractivity (Wildman–Crippen MR) is 94.6 cm³/mol. The van der Waals surface area contributed by atoms with Gasteiger partial charge in [-0.3, -0.25) is 4.79 Å². The molecule has 0 fully saturated rings. The maximum atomic E-state index is 12.1. The highest BCUT2D eigenvalue weighted by Gasteiger charge is 2.48. The van der Waals surface area contributed by atoms with Crippen molar-refractivity contribution in [2.45, 2.75) is 18.0 Å². The zero-order valence-electron chi connectivity index (χ0n) is 14.4. The van der Waals surface area contributed by atoms with Crippen LogP contribution in [0.4, 0.5) is 0 Å². The summed E-state index contributed by atoms with van der Waals surface area (Å²) >= 11 is 11.6. The molecule has 2 rings (SSSR count). The van der Waals surface area contributed by atoms with Gasteiger partial charge in [0.1, 0.15) is 5.02 Å². The van der Waals surface area contributed by atoms with Crippen LogP contribution in [0.1, 0.15) is 6.42 Å². The fourth-order valence-corrected chi connectivity index (χ4v) is 2.96. The molecule has 0 aliphatic heterocycles. The predicted octanol–water partition coefficient (Wildman–Crippen LogP) is 2.58. The summed E-state index contributed by atoms with van der Waals surface area (Å²) in [5.74, 6) is -2.34. The fourth-order valence-electron chi connectivity index (χ4n) is 2.70. The molecule has 0 radical (unpaired) electrons. The molecule has 138 valence electrons. The number of rotatable bonds is 6. The molecule has 1 heterocycles. The molecule has 1 aromatic heterocycles. The SMILES string of the molecule is COC1(OC)C=CC(C=Cn2ncc(Cl)c(Cl)c2=O)C(OC)(OC)C1. The first kappa shape index (κ1) is 20.1. The van der Waals surface area contributed by atoms with Crippen molar-refractivity contribution < 1.29 is 18.9 Å². The normalized spacial score (nSPS) is 21.8. The topological polar surface area (TPSA) is 71.8 Å². The van der Waals surface area contributed by atoms with Crippen molar-refractivity contribution in [1.82, 2.24) is 9.78 Å². The van der Waals surface area contributed by atoms with Crippen LogP contribution in [0, 0.1) is 5.92 Å². The van der Waals surface area contributed by atoms with Crippen LogP contribution in [0.3, 0.4) is 0 Å². The number of hydrogen-bond acceptors (Lipinski definition) is 6. The Kier molecular flexibility index (Phi) is 6.42. The minimum absolute atomic E-state index is 0.0944. The molecule has 25 heavy (non-hydrogen) atoms. The largest absolute Gasteiger partial charge is 0.352 e. The van der Waals surface area contributed by atoms with Crippen LogP contribution in [0.5, 0.6) is 0 Å². The molecular formula is C16H20Cl2N2O5. The minimum atomic E-state index is -1.04. The van der Waals surface area contributed by atoms with Crippen LogP contribution < -0.4 is 5.56 Å². The Morgan fingerprint density at radius 1 is 1.20 bits per heavy atom. The smallest absolute Gasteiger partial charge is 0.291 e. The summed E-state index contributed by atoms with van der Waals surface area (Å²) in [6.07, 6.45) is 8.39. The van der Waals surface area contributed by atoms with Crippen LogP contribution >= 0.6 is 23.2 Å². The van der Waals surface area contributed by atoms with Gasteiger partial charge in [0.2, 0.25) is 0 Å². The van der Waals surface area contributed by atoms with Crippen LogP contribution in [-0.2, 0) is 18.9 Å². The van der Waals surface area contributed by atoms with Crippen molar-refractivity contribution in [3.63, 3.8) is 0 Å². The van der Waals surface area contributed by atoms with Crippen LogP contribution in [0.15, 0.2) is 29.2 Å². The van der Waals surface area contributed by atoms with E-state index in [0.29, 0.717) is 0 Å². The van der Waals surface area contributed by atoms with E-state index >= 15 is 0 Å². The van der Waals surface area contributed by atoms with Gasteiger partial charge < -0.3 is 18.9 Å². The molecule has 0 saturated heterocycles. The maximum absolute atomic E-state index is 12.1. The van der Waals surface area contributed by atoms with Gasteiger partial charge in [0.25, 0.3) is 5.56 Å². The van der Waals surface area contributed by atoms with Crippen molar-refractivity contribution in [3.05, 3.63) is 44.8 Å². The number of halogens is 2. The van der Waals surface area contributed by atoms with Crippen molar-refractivity contribution in [2.24, 2.45) is 5.92 Å². The highest BCUT2D eigenvalue weighted by Crippen LogP contribution is 2.40. The van der Waals surface area contributed by atoms with E-state index < -0.39 is 17.1 Å². The molecule has 0 bridgehead atoms. The van der Waals surface area contributed by atoms with Gasteiger partial charge >= 0.3 is 0 Å². The average Bonchev–Trinajstić information content (AvgIpc) is 2.65. The van der Waals surface area contributed by atoms with Crippen molar-refractivity contribution in [2.75, 3.05) is 28.4 Å². The standard InChI is InChI=1S/C16H20Cl2N2O5/c1-22-15(23-2)7-5-11(16(10-15,24-3)25-4)6-8-20-14(21)13(18)12(17)9-19-20/h5-9,11H,10H2,1-4H3. The average molecular weight is 391 g/mol. The number of hydrogen-bond donors (Lipinski definition) is 0. The Labute approximate surface area is 155 Å². The summed E-state index contributed by atoms with van der Waals surface area (Å²) < 4.78 is 23.2. The fraction of sp³-hybridized carbons (Fsp3) is 0.500. The van der Waals surface area contributed by atoms with E-state index in [1.807, 2.05) is 6.08 Å². The lowest BCUT2D eigenvalue weighted by Crippen LogP contribution is -2.52. The van der Waals surface area contributed by atoms with Gasteiger partial charge in [0.05, 0.1) is 23.6 Å². The molecule has 9 heteroatoms. The van der Waals surface area contributed by atoms with Gasteiger partial charge in [0, 0.05) is 34.6 Å². The third-order valence-electron chi connectivity index (χ3n) is 4.28. The van der Waals surface area contributed by atoms with Crippen molar-refractivity contribution in [1.29, 1.82) is 0 Å². The Hall–Kier alpha value is -1.22. The molecular weight excluding hydrogens is 371 g/mol.